The Labute approximate surface area is 59.9 Å². The molecule has 54 valence electrons. The van der Waals surface area contributed by atoms with Crippen molar-refractivity contribution in [2.45, 2.75) is 6.42 Å². The summed E-state index contributed by atoms with van der Waals surface area (Å²) in [5, 5.41) is 11.2. The SMILES string of the molecule is CN1C=CCC=C1/C=N/O. The Hall–Kier alpha value is -1.25. The molecular formula is C7H10N2O. The lowest BCUT2D eigenvalue weighted by Gasteiger charge is -2.16. The van der Waals surface area contributed by atoms with Crippen molar-refractivity contribution in [3.63, 3.8) is 0 Å². The topological polar surface area (TPSA) is 35.8 Å². The van der Waals surface area contributed by atoms with Crippen molar-refractivity contribution in [2.24, 2.45) is 5.16 Å². The van der Waals surface area contributed by atoms with Crippen molar-refractivity contribution < 1.29 is 5.21 Å². The molecule has 1 rings (SSSR count). The van der Waals surface area contributed by atoms with Gasteiger partial charge in [-0.1, -0.05) is 17.3 Å². The summed E-state index contributed by atoms with van der Waals surface area (Å²) in [5.41, 5.74) is 0.921. The average Bonchev–Trinajstić information content (AvgIpc) is 1.94. The Balaban J connectivity index is 2.66. The Kier molecular flexibility index (Phi) is 2.10. The van der Waals surface area contributed by atoms with E-state index in [1.165, 1.54) is 6.21 Å². The van der Waals surface area contributed by atoms with Crippen LogP contribution < -0.4 is 0 Å². The van der Waals surface area contributed by atoms with Crippen LogP contribution in [0.2, 0.25) is 0 Å². The van der Waals surface area contributed by atoms with E-state index in [0.717, 1.165) is 12.1 Å². The maximum atomic E-state index is 8.21. The third kappa shape index (κ3) is 1.37. The van der Waals surface area contributed by atoms with Gasteiger partial charge < -0.3 is 10.1 Å². The lowest BCUT2D eigenvalue weighted by atomic mass is 10.2. The molecular weight excluding hydrogens is 128 g/mol. The Morgan fingerprint density at radius 3 is 3.20 bits per heavy atom. The van der Waals surface area contributed by atoms with Crippen molar-refractivity contribution >= 4 is 6.21 Å². The Bertz CT molecular complexity index is 194. The summed E-state index contributed by atoms with van der Waals surface area (Å²) in [7, 11) is 1.91. The zero-order chi connectivity index (χ0) is 7.40. The number of oxime groups is 1. The second-order valence-corrected chi connectivity index (χ2v) is 2.10. The molecule has 0 unspecified atom stereocenters. The minimum Gasteiger partial charge on any atom is -0.411 e. The summed E-state index contributed by atoms with van der Waals surface area (Å²) in [5.74, 6) is 0. The number of nitrogens with zero attached hydrogens (tertiary/aromatic N) is 2. The van der Waals surface area contributed by atoms with Crippen LogP contribution in [-0.2, 0) is 0 Å². The first-order chi connectivity index (χ1) is 4.84. The Morgan fingerprint density at radius 2 is 2.60 bits per heavy atom. The maximum Gasteiger partial charge on any atom is 0.0895 e. The minimum atomic E-state index is 0.908. The standard InChI is InChI=1S/C7H10N2O/c1-9-5-3-2-4-7(9)6-8-10/h3-6,10H,2H2,1H3/b8-6+. The van der Waals surface area contributed by atoms with Crippen LogP contribution in [0, 0.1) is 0 Å². The smallest absolute Gasteiger partial charge is 0.0895 e. The maximum absolute atomic E-state index is 8.21. The number of hydrogen-bond acceptors (Lipinski definition) is 3. The van der Waals surface area contributed by atoms with E-state index < -0.39 is 0 Å². The van der Waals surface area contributed by atoms with Crippen LogP contribution in [0.25, 0.3) is 0 Å². The van der Waals surface area contributed by atoms with Crippen molar-refractivity contribution in [3.05, 3.63) is 24.0 Å². The van der Waals surface area contributed by atoms with E-state index in [1.54, 1.807) is 0 Å². The number of hydrogen-bond donors (Lipinski definition) is 1. The first-order valence-corrected chi connectivity index (χ1v) is 3.11. The largest absolute Gasteiger partial charge is 0.411 e. The van der Waals surface area contributed by atoms with Crippen molar-refractivity contribution in [1.29, 1.82) is 0 Å². The molecule has 3 nitrogen and oxygen atoms in total. The zero-order valence-corrected chi connectivity index (χ0v) is 5.86. The van der Waals surface area contributed by atoms with Gasteiger partial charge in [0.1, 0.15) is 0 Å². The molecule has 1 heterocycles. The van der Waals surface area contributed by atoms with Gasteiger partial charge in [0.2, 0.25) is 0 Å². The number of rotatable bonds is 1. The first-order valence-electron chi connectivity index (χ1n) is 3.11. The molecule has 0 fully saturated rings. The normalized spacial score (nSPS) is 18.1. The zero-order valence-electron chi connectivity index (χ0n) is 5.86. The first kappa shape index (κ1) is 6.86. The molecule has 1 N–H and O–H groups in total. The highest BCUT2D eigenvalue weighted by Gasteiger charge is 2.00. The fourth-order valence-electron chi connectivity index (χ4n) is 0.841. The molecule has 0 amide bonds. The van der Waals surface area contributed by atoms with Gasteiger partial charge in [0.05, 0.1) is 11.9 Å². The molecule has 3 heteroatoms. The van der Waals surface area contributed by atoms with Crippen molar-refractivity contribution in [2.75, 3.05) is 7.05 Å². The molecule has 0 aromatic rings. The van der Waals surface area contributed by atoms with E-state index in [2.05, 4.69) is 5.16 Å². The predicted octanol–water partition coefficient (Wildman–Crippen LogP) is 1.18. The molecule has 1 aliphatic rings. The molecule has 0 aromatic carbocycles. The predicted molar refractivity (Wildman–Crippen MR) is 39.9 cm³/mol. The summed E-state index contributed by atoms with van der Waals surface area (Å²) in [6, 6.07) is 0. The molecule has 0 bridgehead atoms. The van der Waals surface area contributed by atoms with Crippen LogP contribution >= 0.6 is 0 Å². The van der Waals surface area contributed by atoms with E-state index >= 15 is 0 Å². The van der Waals surface area contributed by atoms with Gasteiger partial charge in [-0.3, -0.25) is 0 Å². The Morgan fingerprint density at radius 1 is 1.80 bits per heavy atom. The second kappa shape index (κ2) is 3.06. The van der Waals surface area contributed by atoms with Gasteiger partial charge in [-0.25, -0.2) is 0 Å². The minimum absolute atomic E-state index is 0.908. The third-order valence-electron chi connectivity index (χ3n) is 1.39. The van der Waals surface area contributed by atoms with Gasteiger partial charge in [-0.05, 0) is 6.42 Å². The van der Waals surface area contributed by atoms with Crippen molar-refractivity contribution in [3.8, 4) is 0 Å². The van der Waals surface area contributed by atoms with Crippen LogP contribution in [0.5, 0.6) is 0 Å². The average molecular weight is 138 g/mol. The van der Waals surface area contributed by atoms with Gasteiger partial charge >= 0.3 is 0 Å². The highest BCUT2D eigenvalue weighted by Crippen LogP contribution is 2.07. The highest BCUT2D eigenvalue weighted by atomic mass is 16.4. The monoisotopic (exact) mass is 138 g/mol. The molecule has 0 aromatic heterocycles. The molecule has 0 radical (unpaired) electrons. The van der Waals surface area contributed by atoms with E-state index in [9.17, 15) is 0 Å². The van der Waals surface area contributed by atoms with Gasteiger partial charge in [-0.15, -0.1) is 0 Å². The van der Waals surface area contributed by atoms with Crippen molar-refractivity contribution in [1.82, 2.24) is 4.90 Å². The molecule has 0 saturated carbocycles. The summed E-state index contributed by atoms with van der Waals surface area (Å²) < 4.78 is 0. The van der Waals surface area contributed by atoms with Crippen LogP contribution in [0.15, 0.2) is 29.2 Å². The second-order valence-electron chi connectivity index (χ2n) is 2.10. The van der Waals surface area contributed by atoms with E-state index in [4.69, 9.17) is 5.21 Å². The van der Waals surface area contributed by atoms with Gasteiger partial charge in [0, 0.05) is 13.2 Å². The van der Waals surface area contributed by atoms with E-state index in [1.807, 2.05) is 30.3 Å². The quantitative estimate of drug-likeness (QED) is 0.335. The lowest BCUT2D eigenvalue weighted by Crippen LogP contribution is -2.13. The van der Waals surface area contributed by atoms with Gasteiger partial charge in [0.15, 0.2) is 0 Å². The van der Waals surface area contributed by atoms with Gasteiger partial charge in [-0.2, -0.15) is 0 Å². The fraction of sp³-hybridized carbons (Fsp3) is 0.286. The van der Waals surface area contributed by atoms with Crippen LogP contribution in [0.1, 0.15) is 6.42 Å². The number of allylic oxidation sites excluding steroid dienone is 3. The highest BCUT2D eigenvalue weighted by molar-refractivity contribution is 5.77. The molecule has 0 saturated heterocycles. The van der Waals surface area contributed by atoms with E-state index in [0.29, 0.717) is 0 Å². The summed E-state index contributed by atoms with van der Waals surface area (Å²) >= 11 is 0. The molecule has 0 aliphatic carbocycles. The molecule has 1 aliphatic heterocycles. The van der Waals surface area contributed by atoms with Crippen LogP contribution in [-0.4, -0.2) is 23.4 Å². The molecule has 0 atom stereocenters. The summed E-state index contributed by atoms with van der Waals surface area (Å²) in [6.07, 6.45) is 8.29. The summed E-state index contributed by atoms with van der Waals surface area (Å²) in [6.45, 7) is 0. The molecule has 0 spiro atoms. The van der Waals surface area contributed by atoms with E-state index in [-0.39, 0.29) is 0 Å². The van der Waals surface area contributed by atoms with Gasteiger partial charge in [0.25, 0.3) is 0 Å². The lowest BCUT2D eigenvalue weighted by molar-refractivity contribution is 0.320. The summed E-state index contributed by atoms with van der Waals surface area (Å²) in [4.78, 5) is 1.89. The van der Waals surface area contributed by atoms with Crippen LogP contribution in [0.4, 0.5) is 0 Å². The third-order valence-corrected chi connectivity index (χ3v) is 1.39. The fourth-order valence-corrected chi connectivity index (χ4v) is 0.841. The van der Waals surface area contributed by atoms with Crippen LogP contribution in [0.3, 0.4) is 0 Å². The molecule has 10 heavy (non-hydrogen) atoms.